The van der Waals surface area contributed by atoms with E-state index >= 15 is 0 Å². The molecule has 286 valence electrons. The quantitative estimate of drug-likeness (QED) is 0.166. The number of rotatable bonds is 6. The molecule has 0 atom stereocenters. The Morgan fingerprint density at radius 1 is 0.433 bits per heavy atom. The first-order valence-corrected chi connectivity index (χ1v) is 20.9. The van der Waals surface area contributed by atoms with E-state index in [1.807, 2.05) is 0 Å². The Bertz CT molecular complexity index is 2980. The first kappa shape index (κ1) is 35.7. The van der Waals surface area contributed by atoms with E-state index in [0.29, 0.717) is 0 Å². The van der Waals surface area contributed by atoms with Crippen LogP contribution in [-0.2, 0) is 10.8 Å². The van der Waals surface area contributed by atoms with Crippen molar-refractivity contribution >= 4 is 34.0 Å². The van der Waals surface area contributed by atoms with Crippen molar-refractivity contribution < 1.29 is 0 Å². The minimum Gasteiger partial charge on any atom is -0.316 e. The van der Waals surface area contributed by atoms with Crippen LogP contribution in [0.25, 0.3) is 27.8 Å². The molecule has 0 saturated carbocycles. The maximum atomic E-state index is 4.46. The Morgan fingerprint density at radius 2 is 0.967 bits per heavy atom. The summed E-state index contributed by atoms with van der Waals surface area (Å²) in [5.41, 5.74) is 20.0. The number of benzene rings is 8. The van der Waals surface area contributed by atoms with Crippen LogP contribution in [0.1, 0.15) is 52.8 Å². The van der Waals surface area contributed by atoms with Gasteiger partial charge in [-0.05, 0) is 122 Å². The third kappa shape index (κ3) is 5.34. The summed E-state index contributed by atoms with van der Waals surface area (Å²) in [5, 5.41) is 0. The van der Waals surface area contributed by atoms with E-state index in [1.165, 1.54) is 55.6 Å². The van der Waals surface area contributed by atoms with E-state index in [0.717, 1.165) is 39.6 Å². The predicted octanol–water partition coefficient (Wildman–Crippen LogP) is 15.1. The van der Waals surface area contributed by atoms with Crippen LogP contribution in [0.3, 0.4) is 0 Å². The second-order valence-electron chi connectivity index (χ2n) is 16.6. The highest BCUT2D eigenvalue weighted by atomic mass is 15.2. The summed E-state index contributed by atoms with van der Waals surface area (Å²) in [6.07, 6.45) is 8.36. The second-order valence-corrected chi connectivity index (χ2v) is 16.6. The molecule has 0 unspecified atom stereocenters. The smallest absolute Gasteiger partial charge is 0.0713 e. The van der Waals surface area contributed by atoms with Gasteiger partial charge in [0.25, 0.3) is 0 Å². The lowest BCUT2D eigenvalue weighted by molar-refractivity contribution is 0.659. The van der Waals surface area contributed by atoms with Gasteiger partial charge in [-0.1, -0.05) is 172 Å². The van der Waals surface area contributed by atoms with Crippen molar-refractivity contribution in [1.29, 1.82) is 0 Å². The van der Waals surface area contributed by atoms with Crippen molar-refractivity contribution in [2.45, 2.75) is 24.7 Å². The first-order valence-electron chi connectivity index (χ1n) is 20.9. The molecule has 1 aliphatic heterocycles. The number of fused-ring (bicyclic) bond motifs is 7. The maximum absolute atomic E-state index is 4.46. The Labute approximate surface area is 353 Å². The van der Waals surface area contributed by atoms with E-state index in [1.54, 1.807) is 0 Å². The molecule has 0 radical (unpaired) electrons. The van der Waals surface area contributed by atoms with Crippen LogP contribution >= 0.6 is 0 Å². The van der Waals surface area contributed by atoms with Gasteiger partial charge < -0.3 is 9.80 Å². The molecule has 8 aromatic carbocycles. The molecule has 60 heavy (non-hydrogen) atoms. The molecule has 0 amide bonds. The van der Waals surface area contributed by atoms with Crippen molar-refractivity contribution in [3.63, 3.8) is 0 Å². The molecular weight excluding hydrogens is 725 g/mol. The van der Waals surface area contributed by atoms with Crippen LogP contribution in [0.15, 0.2) is 225 Å². The molecule has 0 fully saturated rings. The normalized spacial score (nSPS) is 16.0. The van der Waals surface area contributed by atoms with Crippen LogP contribution < -0.4 is 9.80 Å². The van der Waals surface area contributed by atoms with Gasteiger partial charge in [0.15, 0.2) is 0 Å². The lowest BCUT2D eigenvalue weighted by Crippen LogP contribution is -2.29. The van der Waals surface area contributed by atoms with Gasteiger partial charge in [0.2, 0.25) is 0 Å². The Hall–Kier alpha value is -7.42. The predicted molar refractivity (Wildman–Crippen MR) is 252 cm³/mol. The number of anilines is 5. The minimum atomic E-state index is -0.529. The van der Waals surface area contributed by atoms with Crippen LogP contribution in [0.4, 0.5) is 28.4 Å². The lowest BCUT2D eigenvalue weighted by atomic mass is 9.67. The molecular formula is C58H44N2. The molecule has 11 rings (SSSR count). The van der Waals surface area contributed by atoms with Gasteiger partial charge in [0, 0.05) is 39.9 Å². The van der Waals surface area contributed by atoms with Gasteiger partial charge in [0.05, 0.1) is 11.1 Å². The molecule has 0 bridgehead atoms. The maximum Gasteiger partial charge on any atom is 0.0713 e. The van der Waals surface area contributed by atoms with Gasteiger partial charge in [-0.15, -0.1) is 0 Å². The number of nitrogens with zero attached hydrogens (tertiary/aromatic N) is 2. The summed E-state index contributed by atoms with van der Waals surface area (Å²) in [5.74, 6) is 0. The number of para-hydroxylation sites is 2. The SMILES string of the molecule is C=C1/C=C\C=C/N(c2ccccc2)c2cc(N(c3ccccc3)c3ccc(C4(c5ccc6c(c5)-c5ccccc5C6(C)C)c5ccccc5-c5ccccc54)cc3)ccc21. The van der Waals surface area contributed by atoms with Crippen LogP contribution in [0.5, 0.6) is 0 Å². The van der Waals surface area contributed by atoms with E-state index < -0.39 is 5.41 Å². The Balaban J connectivity index is 1.10. The topological polar surface area (TPSA) is 6.48 Å². The fourth-order valence-electron chi connectivity index (χ4n) is 10.3. The largest absolute Gasteiger partial charge is 0.316 e. The van der Waals surface area contributed by atoms with Gasteiger partial charge in [0.1, 0.15) is 0 Å². The van der Waals surface area contributed by atoms with Crippen LogP contribution in [-0.4, -0.2) is 0 Å². The number of hydrogen-bond donors (Lipinski definition) is 0. The molecule has 2 aliphatic carbocycles. The monoisotopic (exact) mass is 768 g/mol. The van der Waals surface area contributed by atoms with E-state index in [4.69, 9.17) is 0 Å². The van der Waals surface area contributed by atoms with Crippen molar-refractivity contribution in [1.82, 2.24) is 0 Å². The third-order valence-corrected chi connectivity index (χ3v) is 13.1. The zero-order valence-electron chi connectivity index (χ0n) is 33.9. The average Bonchev–Trinajstić information content (AvgIpc) is 3.72. The average molecular weight is 769 g/mol. The molecule has 0 saturated heterocycles. The van der Waals surface area contributed by atoms with Gasteiger partial charge in [-0.25, -0.2) is 0 Å². The highest BCUT2D eigenvalue weighted by Crippen LogP contribution is 2.58. The van der Waals surface area contributed by atoms with Gasteiger partial charge in [-0.2, -0.15) is 0 Å². The summed E-state index contributed by atoms with van der Waals surface area (Å²) in [4.78, 5) is 4.63. The number of allylic oxidation sites excluding steroid dienone is 4. The minimum absolute atomic E-state index is 0.0704. The summed E-state index contributed by atoms with van der Waals surface area (Å²) >= 11 is 0. The zero-order valence-corrected chi connectivity index (χ0v) is 33.9. The summed E-state index contributed by atoms with van der Waals surface area (Å²) < 4.78 is 0. The zero-order chi connectivity index (χ0) is 40.4. The van der Waals surface area contributed by atoms with Crippen molar-refractivity contribution in [2.24, 2.45) is 0 Å². The fourth-order valence-corrected chi connectivity index (χ4v) is 10.3. The molecule has 8 aromatic rings. The van der Waals surface area contributed by atoms with E-state index in [9.17, 15) is 0 Å². The third-order valence-electron chi connectivity index (χ3n) is 13.1. The Kier molecular flexibility index (Phi) is 8.25. The Morgan fingerprint density at radius 3 is 1.65 bits per heavy atom. The number of hydrogen-bond acceptors (Lipinski definition) is 2. The molecule has 0 aromatic heterocycles. The van der Waals surface area contributed by atoms with E-state index in [-0.39, 0.29) is 5.41 Å². The van der Waals surface area contributed by atoms with E-state index in [2.05, 4.69) is 249 Å². The van der Waals surface area contributed by atoms with Gasteiger partial charge in [-0.3, -0.25) is 0 Å². The van der Waals surface area contributed by atoms with Gasteiger partial charge >= 0.3 is 0 Å². The highest BCUT2D eigenvalue weighted by molar-refractivity contribution is 5.91. The molecule has 0 spiro atoms. The highest BCUT2D eigenvalue weighted by Gasteiger charge is 2.47. The molecule has 3 aliphatic rings. The molecule has 2 nitrogen and oxygen atoms in total. The van der Waals surface area contributed by atoms with Crippen LogP contribution in [0, 0.1) is 0 Å². The van der Waals surface area contributed by atoms with Crippen LogP contribution in [0.2, 0.25) is 0 Å². The second kappa shape index (κ2) is 13.9. The summed E-state index contributed by atoms with van der Waals surface area (Å²) in [6.45, 7) is 9.18. The fraction of sp³-hybridized carbons (Fsp3) is 0.0690. The first-order chi connectivity index (χ1) is 29.4. The van der Waals surface area contributed by atoms with Crippen molar-refractivity contribution in [2.75, 3.05) is 9.80 Å². The standard InChI is InChI=1S/C58H44N2/c1-40-18-16-17-37-59(43-19-6-4-7-20-43)56-39-46(34-35-47(40)56)60(44-21-8-5-9-22-44)45-32-29-41(30-33-45)58(54-27-14-11-23-48(54)49-24-12-15-28-55(49)58)42-31-36-53-51(38-42)50-25-10-13-26-52(50)57(53,2)3/h4-39H,1H2,2-3H3/b18-16-,37-17-. The lowest BCUT2D eigenvalue weighted by Gasteiger charge is -2.35. The van der Waals surface area contributed by atoms with Crippen molar-refractivity contribution in [3.05, 3.63) is 264 Å². The summed E-state index contributed by atoms with van der Waals surface area (Å²) in [6, 6.07) is 71.6. The molecule has 0 N–H and O–H groups in total. The molecule has 2 heteroatoms. The van der Waals surface area contributed by atoms with Crippen molar-refractivity contribution in [3.8, 4) is 22.3 Å². The summed E-state index contributed by atoms with van der Waals surface area (Å²) in [7, 11) is 0. The molecule has 1 heterocycles.